The Kier molecular flexibility index (Phi) is 10.1. The van der Waals surface area contributed by atoms with Crippen LogP contribution in [-0.4, -0.2) is 22.4 Å². The average molecular weight is 294 g/mol. The predicted octanol–water partition coefficient (Wildman–Crippen LogP) is 4.50. The summed E-state index contributed by atoms with van der Waals surface area (Å²) in [5.41, 5.74) is 0. The van der Waals surface area contributed by atoms with Gasteiger partial charge in [-0.25, -0.2) is 0 Å². The van der Waals surface area contributed by atoms with Crippen molar-refractivity contribution in [3.8, 4) is 0 Å². The highest BCUT2D eigenvalue weighted by Gasteiger charge is 2.20. The van der Waals surface area contributed by atoms with Crippen LogP contribution in [0, 0.1) is 0 Å². The molecule has 1 heterocycles. The number of aliphatic hydroxyl groups is 1. The van der Waals surface area contributed by atoms with Crippen molar-refractivity contribution in [3.05, 3.63) is 24.6 Å². The lowest BCUT2D eigenvalue weighted by atomic mass is 10.1. The molecule has 0 aliphatic carbocycles. The Bertz CT molecular complexity index is 300. The first-order valence-corrected chi connectivity index (χ1v) is 8.79. The fourth-order valence-electron chi connectivity index (χ4n) is 2.75. The molecule has 0 aromatic heterocycles. The first kappa shape index (κ1) is 18.1. The number of unbranched alkanes of at least 4 members (excludes halogenated alkanes) is 7. The lowest BCUT2D eigenvalue weighted by molar-refractivity contribution is 0.0255. The standard InChI is InChI=1S/C18H34N2O/c1-3-4-5-6-7-8-9-10-11-12-13-14-18-19-15-16-20(18)17(2)21/h9-10,15-19,21H,3-8,11-14H2,1-2H3/b10-9+. The highest BCUT2D eigenvalue weighted by Crippen LogP contribution is 2.15. The third-order valence-corrected chi connectivity index (χ3v) is 4.07. The maximum absolute atomic E-state index is 9.62. The highest BCUT2D eigenvalue weighted by molar-refractivity contribution is 4.94. The lowest BCUT2D eigenvalue weighted by Gasteiger charge is -2.28. The number of allylic oxidation sites excluding steroid dienone is 2. The van der Waals surface area contributed by atoms with E-state index in [9.17, 15) is 5.11 Å². The molecule has 2 unspecified atom stereocenters. The van der Waals surface area contributed by atoms with E-state index in [-0.39, 0.29) is 6.17 Å². The van der Waals surface area contributed by atoms with Gasteiger partial charge in [-0.2, -0.15) is 0 Å². The van der Waals surface area contributed by atoms with Crippen molar-refractivity contribution in [2.24, 2.45) is 0 Å². The third kappa shape index (κ3) is 8.15. The molecule has 0 saturated heterocycles. The fourth-order valence-corrected chi connectivity index (χ4v) is 2.75. The zero-order valence-corrected chi connectivity index (χ0v) is 13.9. The van der Waals surface area contributed by atoms with E-state index in [4.69, 9.17) is 0 Å². The van der Waals surface area contributed by atoms with Crippen molar-refractivity contribution in [3.63, 3.8) is 0 Å². The fraction of sp³-hybridized carbons (Fsp3) is 0.778. The van der Waals surface area contributed by atoms with Gasteiger partial charge in [0, 0.05) is 12.4 Å². The van der Waals surface area contributed by atoms with Gasteiger partial charge in [0.05, 0.1) is 0 Å². The van der Waals surface area contributed by atoms with Gasteiger partial charge in [0.25, 0.3) is 0 Å². The molecular formula is C18H34N2O. The van der Waals surface area contributed by atoms with E-state index in [1.54, 1.807) is 0 Å². The molecule has 0 aromatic rings. The van der Waals surface area contributed by atoms with Crippen LogP contribution in [0.15, 0.2) is 24.6 Å². The molecule has 2 atom stereocenters. The second-order valence-corrected chi connectivity index (χ2v) is 6.04. The Morgan fingerprint density at radius 3 is 2.43 bits per heavy atom. The summed E-state index contributed by atoms with van der Waals surface area (Å²) in [6.07, 6.45) is 21.2. The molecule has 0 aromatic carbocycles. The van der Waals surface area contributed by atoms with Gasteiger partial charge in [-0.1, -0.05) is 44.8 Å². The van der Waals surface area contributed by atoms with Gasteiger partial charge in [-0.15, -0.1) is 0 Å². The van der Waals surface area contributed by atoms with Gasteiger partial charge < -0.3 is 15.3 Å². The molecule has 122 valence electrons. The second-order valence-electron chi connectivity index (χ2n) is 6.04. The maximum atomic E-state index is 9.62. The maximum Gasteiger partial charge on any atom is 0.125 e. The van der Waals surface area contributed by atoms with Gasteiger partial charge >= 0.3 is 0 Å². The summed E-state index contributed by atoms with van der Waals surface area (Å²) in [7, 11) is 0. The molecule has 1 aliphatic rings. The van der Waals surface area contributed by atoms with Gasteiger partial charge in [0.1, 0.15) is 12.4 Å². The molecule has 0 saturated carbocycles. The summed E-state index contributed by atoms with van der Waals surface area (Å²) in [6.45, 7) is 4.07. The van der Waals surface area contributed by atoms with E-state index < -0.39 is 6.23 Å². The Balaban J connectivity index is 1.92. The summed E-state index contributed by atoms with van der Waals surface area (Å²) in [5, 5.41) is 12.9. The van der Waals surface area contributed by atoms with Gasteiger partial charge in [0.2, 0.25) is 0 Å². The summed E-state index contributed by atoms with van der Waals surface area (Å²) in [6, 6.07) is 0. The molecule has 3 nitrogen and oxygen atoms in total. The molecule has 0 spiro atoms. The van der Waals surface area contributed by atoms with Gasteiger partial charge in [-0.05, 0) is 45.4 Å². The SMILES string of the molecule is CCCCCCC/C=C/CCCCC1NC=CN1C(C)O. The number of rotatable bonds is 12. The quantitative estimate of drug-likeness (QED) is 0.411. The molecule has 1 aliphatic heterocycles. The Morgan fingerprint density at radius 1 is 1.10 bits per heavy atom. The Hall–Kier alpha value is -0.960. The predicted molar refractivity (Wildman–Crippen MR) is 90.6 cm³/mol. The third-order valence-electron chi connectivity index (χ3n) is 4.07. The molecule has 1 rings (SSSR count). The number of hydrogen-bond acceptors (Lipinski definition) is 3. The Morgan fingerprint density at radius 2 is 1.76 bits per heavy atom. The molecule has 0 fully saturated rings. The van der Waals surface area contributed by atoms with Crippen LogP contribution in [0.5, 0.6) is 0 Å². The van der Waals surface area contributed by atoms with Gasteiger partial charge in [-0.3, -0.25) is 0 Å². The van der Waals surface area contributed by atoms with E-state index in [2.05, 4.69) is 24.4 Å². The zero-order chi connectivity index (χ0) is 15.3. The van der Waals surface area contributed by atoms with Crippen LogP contribution in [0.4, 0.5) is 0 Å². The zero-order valence-electron chi connectivity index (χ0n) is 13.9. The molecular weight excluding hydrogens is 260 g/mol. The van der Waals surface area contributed by atoms with E-state index in [0.29, 0.717) is 0 Å². The van der Waals surface area contributed by atoms with E-state index in [1.807, 2.05) is 24.2 Å². The van der Waals surface area contributed by atoms with Crippen LogP contribution >= 0.6 is 0 Å². The summed E-state index contributed by atoms with van der Waals surface area (Å²) in [4.78, 5) is 1.98. The number of nitrogens with zero attached hydrogens (tertiary/aromatic N) is 1. The first-order valence-electron chi connectivity index (χ1n) is 8.79. The average Bonchev–Trinajstić information content (AvgIpc) is 2.93. The van der Waals surface area contributed by atoms with Gasteiger partial charge in [0.15, 0.2) is 0 Å². The largest absolute Gasteiger partial charge is 0.374 e. The summed E-state index contributed by atoms with van der Waals surface area (Å²) >= 11 is 0. The van der Waals surface area contributed by atoms with Crippen LogP contribution in [0.1, 0.15) is 78.1 Å². The minimum absolute atomic E-state index is 0.271. The lowest BCUT2D eigenvalue weighted by Crippen LogP contribution is -2.40. The summed E-state index contributed by atoms with van der Waals surface area (Å²) < 4.78 is 0. The molecule has 3 heteroatoms. The molecule has 0 radical (unpaired) electrons. The van der Waals surface area contributed by atoms with Crippen LogP contribution in [0.2, 0.25) is 0 Å². The highest BCUT2D eigenvalue weighted by atomic mass is 16.3. The normalized spacial score (nSPS) is 19.4. The smallest absolute Gasteiger partial charge is 0.125 e. The number of hydrogen-bond donors (Lipinski definition) is 2. The minimum Gasteiger partial charge on any atom is -0.374 e. The van der Waals surface area contributed by atoms with E-state index in [0.717, 1.165) is 6.42 Å². The minimum atomic E-state index is -0.408. The van der Waals surface area contributed by atoms with Crippen molar-refractivity contribution < 1.29 is 5.11 Å². The Labute approximate surface area is 131 Å². The van der Waals surface area contributed by atoms with Crippen molar-refractivity contribution in [2.75, 3.05) is 0 Å². The van der Waals surface area contributed by atoms with Crippen LogP contribution in [-0.2, 0) is 0 Å². The van der Waals surface area contributed by atoms with E-state index >= 15 is 0 Å². The first-order chi connectivity index (χ1) is 10.3. The van der Waals surface area contributed by atoms with Crippen molar-refractivity contribution in [1.82, 2.24) is 10.2 Å². The van der Waals surface area contributed by atoms with Crippen LogP contribution < -0.4 is 5.32 Å². The molecule has 0 amide bonds. The molecule has 0 bridgehead atoms. The summed E-state index contributed by atoms with van der Waals surface area (Å²) in [5.74, 6) is 0. The number of nitrogens with one attached hydrogen (secondary N) is 1. The van der Waals surface area contributed by atoms with Crippen molar-refractivity contribution in [1.29, 1.82) is 0 Å². The van der Waals surface area contributed by atoms with Crippen LogP contribution in [0.25, 0.3) is 0 Å². The second kappa shape index (κ2) is 11.7. The topological polar surface area (TPSA) is 35.5 Å². The van der Waals surface area contributed by atoms with Crippen molar-refractivity contribution in [2.45, 2.75) is 90.4 Å². The van der Waals surface area contributed by atoms with Crippen molar-refractivity contribution >= 4 is 0 Å². The monoisotopic (exact) mass is 294 g/mol. The number of aliphatic hydroxyl groups excluding tert-OH is 1. The molecule has 2 N–H and O–H groups in total. The molecule has 21 heavy (non-hydrogen) atoms. The van der Waals surface area contributed by atoms with E-state index in [1.165, 1.54) is 57.8 Å². The van der Waals surface area contributed by atoms with Crippen LogP contribution in [0.3, 0.4) is 0 Å².